The zero-order valence-corrected chi connectivity index (χ0v) is 11.5. The van der Waals surface area contributed by atoms with E-state index in [1.165, 1.54) is 0 Å². The quantitative estimate of drug-likeness (QED) is 0.718. The van der Waals surface area contributed by atoms with Crippen LogP contribution in [0.25, 0.3) is 6.08 Å². The monoisotopic (exact) mass is 249 g/mol. The van der Waals surface area contributed by atoms with Gasteiger partial charge in [-0.15, -0.1) is 0 Å². The van der Waals surface area contributed by atoms with Crippen molar-refractivity contribution in [3.05, 3.63) is 29.8 Å². The largest absolute Gasteiger partial charge is 0.493 e. The molecule has 0 aliphatic rings. The van der Waals surface area contributed by atoms with Gasteiger partial charge in [-0.1, -0.05) is 25.1 Å². The SMILES string of the molecule is CC=Cc1ccc(OCCNCCC)c(OC)c1. The molecule has 0 unspecified atom stereocenters. The molecule has 100 valence electrons. The lowest BCUT2D eigenvalue weighted by atomic mass is 10.2. The van der Waals surface area contributed by atoms with Gasteiger partial charge < -0.3 is 14.8 Å². The van der Waals surface area contributed by atoms with Crippen LogP contribution in [-0.2, 0) is 0 Å². The van der Waals surface area contributed by atoms with E-state index in [0.717, 1.165) is 36.6 Å². The Bertz CT molecular complexity index is 375. The highest BCUT2D eigenvalue weighted by molar-refractivity contribution is 5.55. The molecule has 18 heavy (non-hydrogen) atoms. The fourth-order valence-corrected chi connectivity index (χ4v) is 1.63. The third-order valence-corrected chi connectivity index (χ3v) is 2.51. The Kier molecular flexibility index (Phi) is 6.96. The maximum absolute atomic E-state index is 5.70. The van der Waals surface area contributed by atoms with E-state index in [0.29, 0.717) is 6.61 Å². The van der Waals surface area contributed by atoms with Crippen molar-refractivity contribution < 1.29 is 9.47 Å². The number of methoxy groups -OCH3 is 1. The summed E-state index contributed by atoms with van der Waals surface area (Å²) in [5, 5.41) is 3.30. The fourth-order valence-electron chi connectivity index (χ4n) is 1.63. The summed E-state index contributed by atoms with van der Waals surface area (Å²) >= 11 is 0. The van der Waals surface area contributed by atoms with Gasteiger partial charge in [0, 0.05) is 6.54 Å². The number of ether oxygens (including phenoxy) is 2. The van der Waals surface area contributed by atoms with Crippen molar-refractivity contribution in [2.45, 2.75) is 20.3 Å². The summed E-state index contributed by atoms with van der Waals surface area (Å²) in [7, 11) is 1.66. The number of benzene rings is 1. The third kappa shape index (κ3) is 4.80. The van der Waals surface area contributed by atoms with Crippen LogP contribution >= 0.6 is 0 Å². The number of hydrogen-bond acceptors (Lipinski definition) is 3. The van der Waals surface area contributed by atoms with Gasteiger partial charge in [-0.25, -0.2) is 0 Å². The molecular formula is C15H23NO2. The Balaban J connectivity index is 2.54. The molecule has 0 saturated carbocycles. The number of allylic oxidation sites excluding steroid dienone is 1. The lowest BCUT2D eigenvalue weighted by Gasteiger charge is -2.11. The van der Waals surface area contributed by atoms with E-state index >= 15 is 0 Å². The smallest absolute Gasteiger partial charge is 0.161 e. The summed E-state index contributed by atoms with van der Waals surface area (Å²) in [5.74, 6) is 1.57. The fraction of sp³-hybridized carbons (Fsp3) is 0.467. The molecule has 0 aromatic heterocycles. The second kappa shape index (κ2) is 8.59. The van der Waals surface area contributed by atoms with Crippen LogP contribution < -0.4 is 14.8 Å². The van der Waals surface area contributed by atoms with E-state index in [9.17, 15) is 0 Å². The number of nitrogens with one attached hydrogen (secondary N) is 1. The van der Waals surface area contributed by atoms with E-state index in [-0.39, 0.29) is 0 Å². The standard InChI is InChI=1S/C15H23NO2/c1-4-6-13-7-8-14(15(12-13)17-3)18-11-10-16-9-5-2/h4,6-8,12,16H,5,9-11H2,1-3H3. The van der Waals surface area contributed by atoms with Crippen LogP contribution in [0.5, 0.6) is 11.5 Å². The molecule has 1 aromatic rings. The van der Waals surface area contributed by atoms with Crippen LogP contribution in [0.1, 0.15) is 25.8 Å². The zero-order valence-electron chi connectivity index (χ0n) is 11.5. The maximum atomic E-state index is 5.70. The van der Waals surface area contributed by atoms with E-state index in [1.54, 1.807) is 7.11 Å². The highest BCUT2D eigenvalue weighted by Gasteiger charge is 2.04. The molecule has 3 heteroatoms. The van der Waals surface area contributed by atoms with Crippen molar-refractivity contribution in [2.75, 3.05) is 26.8 Å². The van der Waals surface area contributed by atoms with Gasteiger partial charge in [0.05, 0.1) is 7.11 Å². The van der Waals surface area contributed by atoms with Crippen molar-refractivity contribution >= 4 is 6.08 Å². The van der Waals surface area contributed by atoms with Crippen LogP contribution in [0.3, 0.4) is 0 Å². The van der Waals surface area contributed by atoms with Crippen molar-refractivity contribution in [2.24, 2.45) is 0 Å². The van der Waals surface area contributed by atoms with Crippen LogP contribution in [0.15, 0.2) is 24.3 Å². The highest BCUT2D eigenvalue weighted by atomic mass is 16.5. The first kappa shape index (κ1) is 14.6. The van der Waals surface area contributed by atoms with Gasteiger partial charge in [-0.3, -0.25) is 0 Å². The van der Waals surface area contributed by atoms with Crippen LogP contribution in [-0.4, -0.2) is 26.8 Å². The molecule has 0 fully saturated rings. The molecule has 0 spiro atoms. The van der Waals surface area contributed by atoms with Crippen LogP contribution in [0, 0.1) is 0 Å². The van der Waals surface area contributed by atoms with E-state index in [2.05, 4.69) is 12.2 Å². The molecule has 1 N–H and O–H groups in total. The molecule has 1 rings (SSSR count). The van der Waals surface area contributed by atoms with Gasteiger partial charge in [0.2, 0.25) is 0 Å². The molecular weight excluding hydrogens is 226 g/mol. The van der Waals surface area contributed by atoms with Crippen LogP contribution in [0.2, 0.25) is 0 Å². The average Bonchev–Trinajstić information content (AvgIpc) is 2.40. The zero-order chi connectivity index (χ0) is 13.2. The summed E-state index contributed by atoms with van der Waals surface area (Å²) < 4.78 is 11.0. The summed E-state index contributed by atoms with van der Waals surface area (Å²) in [6.07, 6.45) is 5.18. The number of rotatable bonds is 8. The minimum atomic E-state index is 0.652. The lowest BCUT2D eigenvalue weighted by molar-refractivity contribution is 0.292. The van der Waals surface area contributed by atoms with Crippen molar-refractivity contribution in [3.63, 3.8) is 0 Å². The molecule has 0 atom stereocenters. The summed E-state index contributed by atoms with van der Waals surface area (Å²) in [5.41, 5.74) is 1.12. The Morgan fingerprint density at radius 1 is 1.22 bits per heavy atom. The minimum absolute atomic E-state index is 0.652. The average molecular weight is 249 g/mol. The predicted octanol–water partition coefficient (Wildman–Crippen LogP) is 3.11. The second-order valence-electron chi connectivity index (χ2n) is 4.01. The van der Waals surface area contributed by atoms with Gasteiger partial charge in [0.25, 0.3) is 0 Å². The van der Waals surface area contributed by atoms with Gasteiger partial charge >= 0.3 is 0 Å². The molecule has 0 bridgehead atoms. The molecule has 0 heterocycles. The van der Waals surface area contributed by atoms with Crippen molar-refractivity contribution in [1.29, 1.82) is 0 Å². The summed E-state index contributed by atoms with van der Waals surface area (Å²) in [4.78, 5) is 0. The molecule has 0 amide bonds. The number of hydrogen-bond donors (Lipinski definition) is 1. The van der Waals surface area contributed by atoms with E-state index in [1.807, 2.05) is 37.3 Å². The normalized spacial score (nSPS) is 10.8. The first-order valence-electron chi connectivity index (χ1n) is 6.46. The predicted molar refractivity (Wildman–Crippen MR) is 76.4 cm³/mol. The Labute approximate surface area is 110 Å². The van der Waals surface area contributed by atoms with Gasteiger partial charge in [0.1, 0.15) is 6.61 Å². The van der Waals surface area contributed by atoms with Crippen LogP contribution in [0.4, 0.5) is 0 Å². The highest BCUT2D eigenvalue weighted by Crippen LogP contribution is 2.28. The first-order valence-corrected chi connectivity index (χ1v) is 6.46. The Hall–Kier alpha value is -1.48. The molecule has 3 nitrogen and oxygen atoms in total. The van der Waals surface area contributed by atoms with Gasteiger partial charge in [-0.2, -0.15) is 0 Å². The third-order valence-electron chi connectivity index (χ3n) is 2.51. The second-order valence-corrected chi connectivity index (χ2v) is 4.01. The molecule has 1 aromatic carbocycles. The molecule has 0 radical (unpaired) electrons. The molecule has 0 aliphatic carbocycles. The van der Waals surface area contributed by atoms with Gasteiger partial charge in [0.15, 0.2) is 11.5 Å². The lowest BCUT2D eigenvalue weighted by Crippen LogP contribution is -2.21. The summed E-state index contributed by atoms with van der Waals surface area (Å²) in [6, 6.07) is 5.96. The first-order chi connectivity index (χ1) is 8.81. The van der Waals surface area contributed by atoms with Gasteiger partial charge in [-0.05, 0) is 37.6 Å². The molecule has 0 saturated heterocycles. The Morgan fingerprint density at radius 2 is 2.06 bits per heavy atom. The topological polar surface area (TPSA) is 30.5 Å². The van der Waals surface area contributed by atoms with Crippen molar-refractivity contribution in [3.8, 4) is 11.5 Å². The van der Waals surface area contributed by atoms with E-state index in [4.69, 9.17) is 9.47 Å². The summed E-state index contributed by atoms with van der Waals surface area (Å²) in [6.45, 7) is 6.68. The van der Waals surface area contributed by atoms with E-state index < -0.39 is 0 Å². The molecule has 0 aliphatic heterocycles. The maximum Gasteiger partial charge on any atom is 0.161 e. The Morgan fingerprint density at radius 3 is 2.72 bits per heavy atom. The minimum Gasteiger partial charge on any atom is -0.493 e. The van der Waals surface area contributed by atoms with Crippen molar-refractivity contribution in [1.82, 2.24) is 5.32 Å².